The summed E-state index contributed by atoms with van der Waals surface area (Å²) >= 11 is 12.0. The van der Waals surface area contributed by atoms with E-state index in [1.165, 1.54) is 24.3 Å². The highest BCUT2D eigenvalue weighted by molar-refractivity contribution is 6.39. The Morgan fingerprint density at radius 1 is 1.05 bits per heavy atom. The number of aliphatic hydroxyl groups is 1. The molecule has 0 saturated carbocycles. The molecule has 0 aliphatic heterocycles. The molecule has 0 spiro atoms. The molecule has 0 amide bonds. The van der Waals surface area contributed by atoms with Gasteiger partial charge in [-0.3, -0.25) is 0 Å². The van der Waals surface area contributed by atoms with Crippen LogP contribution in [0.5, 0.6) is 0 Å². The molecule has 1 unspecified atom stereocenters. The van der Waals surface area contributed by atoms with E-state index in [0.717, 1.165) is 0 Å². The third kappa shape index (κ3) is 3.60. The Morgan fingerprint density at radius 2 is 1.63 bits per heavy atom. The number of hydrogen-bond acceptors (Lipinski definition) is 2. The summed E-state index contributed by atoms with van der Waals surface area (Å²) in [5, 5.41) is 13.9. The molecule has 0 bridgehead atoms. The van der Waals surface area contributed by atoms with E-state index in [2.05, 4.69) is 5.32 Å². The number of rotatable bonds is 4. The number of anilines is 1. The molecule has 0 aliphatic rings. The molecule has 0 heterocycles. The van der Waals surface area contributed by atoms with Crippen LogP contribution < -0.4 is 5.32 Å². The van der Waals surface area contributed by atoms with Crippen molar-refractivity contribution in [1.29, 1.82) is 0 Å². The van der Waals surface area contributed by atoms with Crippen molar-refractivity contribution < 1.29 is 9.50 Å². The summed E-state index contributed by atoms with van der Waals surface area (Å²) in [5.74, 6) is -0.335. The van der Waals surface area contributed by atoms with Crippen molar-refractivity contribution in [3.05, 3.63) is 63.9 Å². The SMILES string of the molecule is OC(CNc1c(Cl)cccc1Cl)c1ccc(F)cc1. The highest BCUT2D eigenvalue weighted by Crippen LogP contribution is 2.30. The maximum atomic E-state index is 12.8. The lowest BCUT2D eigenvalue weighted by Crippen LogP contribution is -2.12. The summed E-state index contributed by atoms with van der Waals surface area (Å²) in [5.41, 5.74) is 1.20. The van der Waals surface area contributed by atoms with Gasteiger partial charge in [-0.05, 0) is 29.8 Å². The number of halogens is 3. The lowest BCUT2D eigenvalue weighted by Gasteiger charge is -2.15. The van der Waals surface area contributed by atoms with Crippen molar-refractivity contribution in [2.24, 2.45) is 0 Å². The van der Waals surface area contributed by atoms with E-state index in [0.29, 0.717) is 21.3 Å². The van der Waals surface area contributed by atoms with E-state index in [9.17, 15) is 9.50 Å². The van der Waals surface area contributed by atoms with Crippen LogP contribution in [0.4, 0.5) is 10.1 Å². The monoisotopic (exact) mass is 299 g/mol. The first-order chi connectivity index (χ1) is 9.08. The topological polar surface area (TPSA) is 32.3 Å². The van der Waals surface area contributed by atoms with Gasteiger partial charge in [0.25, 0.3) is 0 Å². The maximum Gasteiger partial charge on any atom is 0.123 e. The summed E-state index contributed by atoms with van der Waals surface area (Å²) in [6.45, 7) is 0.231. The first-order valence-corrected chi connectivity index (χ1v) is 6.45. The van der Waals surface area contributed by atoms with Crippen molar-refractivity contribution >= 4 is 28.9 Å². The van der Waals surface area contributed by atoms with Crippen molar-refractivity contribution in [2.45, 2.75) is 6.10 Å². The highest BCUT2D eigenvalue weighted by atomic mass is 35.5. The highest BCUT2D eigenvalue weighted by Gasteiger charge is 2.10. The molecule has 2 aromatic carbocycles. The van der Waals surface area contributed by atoms with Crippen LogP contribution in [-0.4, -0.2) is 11.7 Å². The van der Waals surface area contributed by atoms with E-state index in [1.807, 2.05) is 0 Å². The third-order valence-electron chi connectivity index (χ3n) is 2.69. The molecule has 1 atom stereocenters. The minimum Gasteiger partial charge on any atom is -0.387 e. The summed E-state index contributed by atoms with van der Waals surface area (Å²) in [7, 11) is 0. The van der Waals surface area contributed by atoms with Crippen LogP contribution in [0.25, 0.3) is 0 Å². The summed E-state index contributed by atoms with van der Waals surface area (Å²) in [4.78, 5) is 0. The molecule has 19 heavy (non-hydrogen) atoms. The molecule has 2 nitrogen and oxygen atoms in total. The quantitative estimate of drug-likeness (QED) is 0.883. The molecule has 0 aliphatic carbocycles. The van der Waals surface area contributed by atoms with Crippen LogP contribution in [0.3, 0.4) is 0 Å². The minimum atomic E-state index is -0.770. The van der Waals surface area contributed by atoms with E-state index in [4.69, 9.17) is 23.2 Å². The molecule has 0 aromatic heterocycles. The molecule has 2 rings (SSSR count). The molecule has 2 aromatic rings. The maximum absolute atomic E-state index is 12.8. The van der Waals surface area contributed by atoms with Crippen molar-refractivity contribution in [1.82, 2.24) is 0 Å². The van der Waals surface area contributed by atoms with Crippen LogP contribution in [0.2, 0.25) is 10.0 Å². The van der Waals surface area contributed by atoms with Gasteiger partial charge in [0, 0.05) is 6.54 Å². The predicted octanol–water partition coefficient (Wildman–Crippen LogP) is 4.28. The Morgan fingerprint density at radius 3 is 2.21 bits per heavy atom. The predicted molar refractivity (Wildman–Crippen MR) is 76.3 cm³/mol. The molecule has 100 valence electrons. The molecule has 0 fully saturated rings. The van der Waals surface area contributed by atoms with Crippen LogP contribution >= 0.6 is 23.2 Å². The average molecular weight is 300 g/mol. The van der Waals surface area contributed by atoms with E-state index < -0.39 is 6.10 Å². The Kier molecular flexibility index (Phi) is 4.64. The van der Waals surface area contributed by atoms with Crippen molar-refractivity contribution in [3.63, 3.8) is 0 Å². The first kappa shape index (κ1) is 14.1. The zero-order valence-electron chi connectivity index (χ0n) is 9.91. The van der Waals surface area contributed by atoms with Crippen LogP contribution in [0.15, 0.2) is 42.5 Å². The number of aliphatic hydroxyl groups excluding tert-OH is 1. The van der Waals surface area contributed by atoms with Crippen molar-refractivity contribution in [2.75, 3.05) is 11.9 Å². The van der Waals surface area contributed by atoms with Gasteiger partial charge in [-0.1, -0.05) is 41.4 Å². The van der Waals surface area contributed by atoms with Crippen LogP contribution in [-0.2, 0) is 0 Å². The van der Waals surface area contributed by atoms with Crippen molar-refractivity contribution in [3.8, 4) is 0 Å². The zero-order chi connectivity index (χ0) is 13.8. The number of benzene rings is 2. The van der Waals surface area contributed by atoms with Gasteiger partial charge in [0.05, 0.1) is 21.8 Å². The summed E-state index contributed by atoms with van der Waals surface area (Å²) < 4.78 is 12.8. The lowest BCUT2D eigenvalue weighted by molar-refractivity contribution is 0.191. The van der Waals surface area contributed by atoms with Gasteiger partial charge in [0.2, 0.25) is 0 Å². The molecular formula is C14H12Cl2FNO. The minimum absolute atomic E-state index is 0.231. The second-order valence-corrected chi connectivity index (χ2v) is 4.86. The number of nitrogens with one attached hydrogen (secondary N) is 1. The van der Waals surface area contributed by atoms with Gasteiger partial charge in [-0.25, -0.2) is 4.39 Å². The smallest absolute Gasteiger partial charge is 0.123 e. The number of para-hydroxylation sites is 1. The molecule has 5 heteroatoms. The summed E-state index contributed by atoms with van der Waals surface area (Å²) in [6, 6.07) is 10.8. The second kappa shape index (κ2) is 6.24. The van der Waals surface area contributed by atoms with Gasteiger partial charge >= 0.3 is 0 Å². The van der Waals surface area contributed by atoms with Gasteiger partial charge in [-0.2, -0.15) is 0 Å². The molecule has 0 saturated heterocycles. The van der Waals surface area contributed by atoms with Gasteiger partial charge in [0.15, 0.2) is 0 Å². The van der Waals surface area contributed by atoms with Gasteiger partial charge < -0.3 is 10.4 Å². The Hall–Kier alpha value is -1.29. The normalized spacial score (nSPS) is 12.2. The molecule has 2 N–H and O–H groups in total. The lowest BCUT2D eigenvalue weighted by atomic mass is 10.1. The fourth-order valence-electron chi connectivity index (χ4n) is 1.67. The average Bonchev–Trinajstić information content (AvgIpc) is 2.38. The fraction of sp³-hybridized carbons (Fsp3) is 0.143. The third-order valence-corrected chi connectivity index (χ3v) is 3.32. The first-order valence-electron chi connectivity index (χ1n) is 5.69. The zero-order valence-corrected chi connectivity index (χ0v) is 11.4. The van der Waals surface area contributed by atoms with E-state index in [1.54, 1.807) is 18.2 Å². The summed E-state index contributed by atoms with van der Waals surface area (Å²) in [6.07, 6.45) is -0.770. The standard InChI is InChI=1S/C14H12Cl2FNO/c15-11-2-1-3-12(16)14(11)18-8-13(19)9-4-6-10(17)7-5-9/h1-7,13,18-19H,8H2. The van der Waals surface area contributed by atoms with E-state index in [-0.39, 0.29) is 12.4 Å². The Labute approximate surface area is 120 Å². The second-order valence-electron chi connectivity index (χ2n) is 4.04. The van der Waals surface area contributed by atoms with Crippen LogP contribution in [0, 0.1) is 5.82 Å². The Bertz CT molecular complexity index is 540. The number of hydrogen-bond donors (Lipinski definition) is 2. The largest absolute Gasteiger partial charge is 0.387 e. The van der Waals surface area contributed by atoms with Crippen LogP contribution in [0.1, 0.15) is 11.7 Å². The van der Waals surface area contributed by atoms with Gasteiger partial charge in [-0.15, -0.1) is 0 Å². The molecule has 0 radical (unpaired) electrons. The molecular weight excluding hydrogens is 288 g/mol. The Balaban J connectivity index is 2.04. The van der Waals surface area contributed by atoms with E-state index >= 15 is 0 Å². The fourth-order valence-corrected chi connectivity index (χ4v) is 2.20. The van der Waals surface area contributed by atoms with Gasteiger partial charge in [0.1, 0.15) is 5.82 Å².